The molecule has 0 N–H and O–H groups in total. The highest BCUT2D eigenvalue weighted by molar-refractivity contribution is 6.15. The van der Waals surface area contributed by atoms with Gasteiger partial charge in [0.25, 0.3) is 0 Å². The van der Waals surface area contributed by atoms with Crippen LogP contribution in [0.4, 0.5) is 17.1 Å². The molecular formula is C78H65NO3. The molecule has 400 valence electrons. The van der Waals surface area contributed by atoms with E-state index in [4.69, 9.17) is 14.2 Å². The zero-order chi connectivity index (χ0) is 55.8. The number of hydrogen-bond acceptors (Lipinski definition) is 4. The topological polar surface area (TPSA) is 30.9 Å². The summed E-state index contributed by atoms with van der Waals surface area (Å²) in [5.41, 5.74) is 32.9. The summed E-state index contributed by atoms with van der Waals surface area (Å²) < 4.78 is 21.1. The molecule has 0 amide bonds. The van der Waals surface area contributed by atoms with Crippen LogP contribution in [0.15, 0.2) is 169 Å². The van der Waals surface area contributed by atoms with E-state index in [0.717, 1.165) is 47.3 Å². The van der Waals surface area contributed by atoms with Gasteiger partial charge in [0.05, 0.1) is 0 Å². The predicted molar refractivity (Wildman–Crippen MR) is 333 cm³/mol. The first-order chi connectivity index (χ1) is 39.2. The molecule has 82 heavy (non-hydrogen) atoms. The summed E-state index contributed by atoms with van der Waals surface area (Å²) in [5, 5.41) is 0. The van der Waals surface area contributed by atoms with E-state index in [2.05, 4.69) is 240 Å². The molecule has 0 unspecified atom stereocenters. The van der Waals surface area contributed by atoms with Gasteiger partial charge in [0.1, 0.15) is 34.5 Å². The molecule has 18 rings (SSSR count). The normalized spacial score (nSPS) is 20.5. The highest BCUT2D eigenvalue weighted by Gasteiger charge is 2.54. The molecule has 4 nitrogen and oxygen atoms in total. The van der Waals surface area contributed by atoms with Crippen LogP contribution in [0.1, 0.15) is 191 Å². The number of fused-ring (bicyclic) bond motifs is 5. The van der Waals surface area contributed by atoms with Gasteiger partial charge < -0.3 is 19.1 Å². The lowest BCUT2D eigenvalue weighted by Crippen LogP contribution is -2.30. The second-order valence-corrected chi connectivity index (χ2v) is 28.2. The molecule has 0 bridgehead atoms. The van der Waals surface area contributed by atoms with Crippen LogP contribution in [0.3, 0.4) is 0 Å². The number of allylic oxidation sites excluding steroid dienone is 7. The van der Waals surface area contributed by atoms with Crippen LogP contribution in [0, 0.1) is 0 Å². The molecule has 3 heterocycles. The number of benzene rings is 8. The van der Waals surface area contributed by atoms with Crippen LogP contribution in [0.25, 0.3) is 27.9 Å². The quantitative estimate of drug-likeness (QED) is 0.176. The molecule has 4 heteroatoms. The monoisotopic (exact) mass is 1060 g/mol. The Hall–Kier alpha value is -8.34. The van der Waals surface area contributed by atoms with Crippen LogP contribution in [0.5, 0.6) is 28.7 Å². The maximum atomic E-state index is 7.09. The average molecular weight is 1060 g/mol. The fourth-order valence-electron chi connectivity index (χ4n) is 17.8. The minimum Gasteiger partial charge on any atom is -0.460 e. The highest BCUT2D eigenvalue weighted by Crippen LogP contribution is 2.69. The van der Waals surface area contributed by atoms with Gasteiger partial charge >= 0.3 is 0 Å². The minimum atomic E-state index is -0.389. The van der Waals surface area contributed by atoms with Gasteiger partial charge in [-0.2, -0.15) is 0 Å². The third-order valence-electron chi connectivity index (χ3n) is 21.8. The molecular weight excluding hydrogens is 999 g/mol. The van der Waals surface area contributed by atoms with E-state index in [1.165, 1.54) is 151 Å². The molecule has 0 aromatic heterocycles. The van der Waals surface area contributed by atoms with E-state index in [0.29, 0.717) is 0 Å². The summed E-state index contributed by atoms with van der Waals surface area (Å²) in [6, 6.07) is 53.4. The van der Waals surface area contributed by atoms with E-state index in [-0.39, 0.29) is 32.5 Å². The Morgan fingerprint density at radius 3 is 1.09 bits per heavy atom. The zero-order valence-corrected chi connectivity index (χ0v) is 49.0. The molecule has 0 atom stereocenters. The standard InChI is InChI=1S/C78H65NO3/c1-73(2)46-25-19-31-58-64(46)67-61-49(73)34-40(37-52(61)76(7,8)70(67)43-22-13-16-28-55(43)80-58)79(41-35-50-62-53(38-41)77(9,10)71-44-23-14-17-29-56(44)81-59-32-20-26-47(74(50,3)4)65(59)68(62)71)42-36-51-63-54(39-42)78(11,12)72-45-24-15-18-30-57(45)82-60-33-21-27-48(75(51,5)6)66(60)69(63)72/h13-17,19-29,31-39H,18,30H2,1-12H3. The molecule has 3 aliphatic heterocycles. The lowest BCUT2D eigenvalue weighted by atomic mass is 9.66. The van der Waals surface area contributed by atoms with Crippen LogP contribution >= 0.6 is 0 Å². The van der Waals surface area contributed by atoms with Crippen molar-refractivity contribution in [2.45, 2.75) is 128 Å². The number of anilines is 3. The molecule has 8 aromatic rings. The van der Waals surface area contributed by atoms with Gasteiger partial charge in [-0.3, -0.25) is 0 Å². The third kappa shape index (κ3) is 5.35. The molecule has 0 saturated carbocycles. The number of nitrogens with zero attached hydrogens (tertiary/aromatic N) is 1. The zero-order valence-electron chi connectivity index (χ0n) is 49.0. The number of rotatable bonds is 3. The van der Waals surface area contributed by atoms with Crippen molar-refractivity contribution in [3.8, 4) is 28.7 Å². The molecule has 10 aliphatic rings. The molecule has 7 aliphatic carbocycles. The van der Waals surface area contributed by atoms with Gasteiger partial charge in [-0.1, -0.05) is 168 Å². The summed E-state index contributed by atoms with van der Waals surface area (Å²) in [5.74, 6) is 5.78. The van der Waals surface area contributed by atoms with Crippen molar-refractivity contribution in [1.82, 2.24) is 0 Å². The van der Waals surface area contributed by atoms with Gasteiger partial charge in [0.2, 0.25) is 0 Å². The maximum Gasteiger partial charge on any atom is 0.135 e. The molecule has 8 aromatic carbocycles. The second-order valence-electron chi connectivity index (χ2n) is 28.2. The first-order valence-corrected chi connectivity index (χ1v) is 29.9. The number of hydrogen-bond donors (Lipinski definition) is 0. The van der Waals surface area contributed by atoms with Gasteiger partial charge in [-0.05, 0) is 173 Å². The molecule has 0 radical (unpaired) electrons. The fourth-order valence-corrected chi connectivity index (χ4v) is 17.8. The van der Waals surface area contributed by atoms with Crippen molar-refractivity contribution < 1.29 is 14.2 Å². The molecule has 0 spiro atoms. The summed E-state index contributed by atoms with van der Waals surface area (Å²) in [6.07, 6.45) is 6.59. The van der Waals surface area contributed by atoms with Crippen LogP contribution in [-0.4, -0.2) is 0 Å². The Bertz CT molecular complexity index is 4440. The van der Waals surface area contributed by atoms with Crippen molar-refractivity contribution >= 4 is 44.9 Å². The van der Waals surface area contributed by atoms with Gasteiger partial charge in [-0.15, -0.1) is 0 Å². The smallest absolute Gasteiger partial charge is 0.135 e. The van der Waals surface area contributed by atoms with Crippen molar-refractivity contribution in [3.63, 3.8) is 0 Å². The summed E-state index contributed by atoms with van der Waals surface area (Å²) in [7, 11) is 0. The SMILES string of the molecule is CC1(C)C2=C3c4c(cccc4C(C)(C)c4cc(N(c5cc6c7c(c5)C(C)(C)c5cccc8c5C7=C(c5ccccc5O8)C6(C)C)c5cc6c7c(c5)C(C)(C)c5cccc8c5C7=C(c5ccccc5O8)C6(C)C)cc1c43)OC1=C2C=CCC1. The van der Waals surface area contributed by atoms with Crippen LogP contribution < -0.4 is 19.1 Å². The van der Waals surface area contributed by atoms with Gasteiger partial charge in [0.15, 0.2) is 0 Å². The average Bonchev–Trinajstić information content (AvgIpc) is 2.69. The predicted octanol–water partition coefficient (Wildman–Crippen LogP) is 19.9. The lowest BCUT2D eigenvalue weighted by molar-refractivity contribution is 0.395. The summed E-state index contributed by atoms with van der Waals surface area (Å²) >= 11 is 0. The van der Waals surface area contributed by atoms with E-state index < -0.39 is 0 Å². The van der Waals surface area contributed by atoms with Crippen molar-refractivity contribution in [2.24, 2.45) is 0 Å². The van der Waals surface area contributed by atoms with Crippen molar-refractivity contribution in [1.29, 1.82) is 0 Å². The van der Waals surface area contributed by atoms with Gasteiger partial charge in [-0.25, -0.2) is 0 Å². The maximum absolute atomic E-state index is 7.09. The Morgan fingerprint density at radius 1 is 0.329 bits per heavy atom. The third-order valence-corrected chi connectivity index (χ3v) is 21.8. The Kier molecular flexibility index (Phi) is 8.45. The largest absolute Gasteiger partial charge is 0.460 e. The van der Waals surface area contributed by atoms with E-state index in [1.807, 2.05) is 0 Å². The minimum absolute atomic E-state index is 0.361. The fraction of sp³-hybridized carbons (Fsp3) is 0.256. The highest BCUT2D eigenvalue weighted by atomic mass is 16.5. The molecule has 0 saturated heterocycles. The van der Waals surface area contributed by atoms with Crippen LogP contribution in [0.2, 0.25) is 0 Å². The lowest BCUT2D eigenvalue weighted by Gasteiger charge is -2.41. The Balaban J connectivity index is 0.955. The van der Waals surface area contributed by atoms with Crippen LogP contribution in [-0.2, 0) is 32.5 Å². The van der Waals surface area contributed by atoms with E-state index in [1.54, 1.807) is 0 Å². The molecule has 0 fully saturated rings. The number of ether oxygens (including phenoxy) is 3. The van der Waals surface area contributed by atoms with Crippen molar-refractivity contribution in [3.05, 3.63) is 263 Å². The Morgan fingerprint density at radius 2 is 0.671 bits per heavy atom. The summed E-state index contributed by atoms with van der Waals surface area (Å²) in [6.45, 7) is 29.5. The van der Waals surface area contributed by atoms with Crippen molar-refractivity contribution in [2.75, 3.05) is 4.90 Å². The van der Waals surface area contributed by atoms with Gasteiger partial charge in [0, 0.05) is 89.4 Å². The Labute approximate surface area is 481 Å². The van der Waals surface area contributed by atoms with E-state index >= 15 is 0 Å². The second kappa shape index (κ2) is 14.6. The first kappa shape index (κ1) is 47.3. The summed E-state index contributed by atoms with van der Waals surface area (Å²) in [4.78, 5) is 2.71. The first-order valence-electron chi connectivity index (χ1n) is 29.9. The number of para-hydroxylation sites is 2. The van der Waals surface area contributed by atoms with E-state index in [9.17, 15) is 0 Å².